The number of likely N-dealkylation sites (tertiary alicyclic amines) is 2. The molecule has 3 unspecified atom stereocenters. The van der Waals surface area contributed by atoms with Gasteiger partial charge < -0.3 is 5.73 Å². The zero-order valence-corrected chi connectivity index (χ0v) is 12.8. The van der Waals surface area contributed by atoms with Crippen molar-refractivity contribution in [2.24, 2.45) is 5.73 Å². The molecule has 1 aromatic rings. The lowest BCUT2D eigenvalue weighted by atomic mass is 9.99. The highest BCUT2D eigenvalue weighted by Gasteiger charge is 2.35. The van der Waals surface area contributed by atoms with Gasteiger partial charge in [-0.15, -0.1) is 0 Å². The molecule has 2 fully saturated rings. The summed E-state index contributed by atoms with van der Waals surface area (Å²) in [6.45, 7) is 6.46. The van der Waals surface area contributed by atoms with Crippen LogP contribution in [0.25, 0.3) is 0 Å². The highest BCUT2D eigenvalue weighted by atomic mass is 19.1. The van der Waals surface area contributed by atoms with E-state index in [1.165, 1.54) is 32.4 Å². The predicted octanol–water partition coefficient (Wildman–Crippen LogP) is 2.38. The Kier molecular flexibility index (Phi) is 4.57. The monoisotopic (exact) mass is 291 g/mol. The molecule has 0 spiro atoms. The number of nitrogens with two attached hydrogens (primary N) is 1. The van der Waals surface area contributed by atoms with Gasteiger partial charge in [0.25, 0.3) is 0 Å². The summed E-state index contributed by atoms with van der Waals surface area (Å²) >= 11 is 0. The molecule has 2 N–H and O–H groups in total. The SMILES string of the molecule is CC(N)C(c1ccccc1F)N1CCC(N2CCCC2)C1. The van der Waals surface area contributed by atoms with E-state index in [2.05, 4.69) is 9.80 Å². The van der Waals surface area contributed by atoms with Gasteiger partial charge >= 0.3 is 0 Å². The van der Waals surface area contributed by atoms with Gasteiger partial charge in [0.2, 0.25) is 0 Å². The quantitative estimate of drug-likeness (QED) is 0.924. The van der Waals surface area contributed by atoms with Crippen molar-refractivity contribution in [1.82, 2.24) is 9.80 Å². The molecule has 2 saturated heterocycles. The van der Waals surface area contributed by atoms with Crippen LogP contribution in [0.3, 0.4) is 0 Å². The smallest absolute Gasteiger partial charge is 0.128 e. The first kappa shape index (κ1) is 14.9. The number of benzene rings is 1. The van der Waals surface area contributed by atoms with Crippen molar-refractivity contribution in [3.63, 3.8) is 0 Å². The normalized spacial score (nSPS) is 27.1. The molecule has 2 heterocycles. The third-order valence-electron chi connectivity index (χ3n) is 4.97. The van der Waals surface area contributed by atoms with Crippen molar-refractivity contribution in [3.05, 3.63) is 35.6 Å². The minimum Gasteiger partial charge on any atom is -0.326 e. The summed E-state index contributed by atoms with van der Waals surface area (Å²) in [7, 11) is 0. The Morgan fingerprint density at radius 1 is 1.19 bits per heavy atom. The second-order valence-electron chi connectivity index (χ2n) is 6.51. The first-order valence-electron chi connectivity index (χ1n) is 8.15. The van der Waals surface area contributed by atoms with Crippen molar-refractivity contribution >= 4 is 0 Å². The van der Waals surface area contributed by atoms with Gasteiger partial charge in [0, 0.05) is 30.7 Å². The molecular weight excluding hydrogens is 265 g/mol. The van der Waals surface area contributed by atoms with Crippen molar-refractivity contribution < 1.29 is 4.39 Å². The molecule has 116 valence electrons. The number of halogens is 1. The van der Waals surface area contributed by atoms with Crippen LogP contribution < -0.4 is 5.73 Å². The van der Waals surface area contributed by atoms with E-state index in [0.717, 1.165) is 18.7 Å². The molecule has 4 heteroatoms. The van der Waals surface area contributed by atoms with Crippen LogP contribution in [0.5, 0.6) is 0 Å². The van der Waals surface area contributed by atoms with Gasteiger partial charge in [0.15, 0.2) is 0 Å². The van der Waals surface area contributed by atoms with Crippen LogP contribution in [-0.2, 0) is 0 Å². The van der Waals surface area contributed by atoms with E-state index in [-0.39, 0.29) is 17.9 Å². The number of hydrogen-bond acceptors (Lipinski definition) is 3. The molecule has 0 aromatic heterocycles. The molecule has 21 heavy (non-hydrogen) atoms. The van der Waals surface area contributed by atoms with E-state index in [1.54, 1.807) is 12.1 Å². The van der Waals surface area contributed by atoms with Crippen molar-refractivity contribution in [2.75, 3.05) is 26.2 Å². The third kappa shape index (κ3) is 3.12. The Morgan fingerprint density at radius 3 is 2.57 bits per heavy atom. The molecule has 3 atom stereocenters. The molecule has 0 amide bonds. The van der Waals surface area contributed by atoms with Gasteiger partial charge in [-0.1, -0.05) is 18.2 Å². The van der Waals surface area contributed by atoms with E-state index in [0.29, 0.717) is 6.04 Å². The maximum absolute atomic E-state index is 14.2. The second-order valence-corrected chi connectivity index (χ2v) is 6.51. The van der Waals surface area contributed by atoms with Crippen molar-refractivity contribution in [2.45, 2.75) is 44.3 Å². The van der Waals surface area contributed by atoms with Crippen molar-refractivity contribution in [3.8, 4) is 0 Å². The molecule has 1 aromatic carbocycles. The highest BCUT2D eigenvalue weighted by molar-refractivity contribution is 5.23. The Balaban J connectivity index is 1.75. The van der Waals surface area contributed by atoms with E-state index in [4.69, 9.17) is 5.73 Å². The minimum absolute atomic E-state index is 0.0150. The molecule has 3 rings (SSSR count). The standard InChI is InChI=1S/C17H26FN3/c1-13(19)17(15-6-2-3-7-16(15)18)21-11-8-14(12-21)20-9-4-5-10-20/h2-3,6-7,13-14,17H,4-5,8-12,19H2,1H3. The Labute approximate surface area is 126 Å². The van der Waals surface area contributed by atoms with Gasteiger partial charge in [-0.2, -0.15) is 0 Å². The van der Waals surface area contributed by atoms with Gasteiger partial charge in [-0.3, -0.25) is 9.80 Å². The minimum atomic E-state index is -0.135. The third-order valence-corrected chi connectivity index (χ3v) is 4.97. The lowest BCUT2D eigenvalue weighted by Gasteiger charge is -2.32. The number of hydrogen-bond donors (Lipinski definition) is 1. The average Bonchev–Trinajstić information content (AvgIpc) is 3.11. The van der Waals surface area contributed by atoms with Crippen LogP contribution in [0.2, 0.25) is 0 Å². The second kappa shape index (κ2) is 6.42. The summed E-state index contributed by atoms with van der Waals surface area (Å²) in [6, 6.07) is 7.61. The van der Waals surface area contributed by atoms with Gasteiger partial charge in [-0.05, 0) is 45.3 Å². The van der Waals surface area contributed by atoms with Gasteiger partial charge in [0.1, 0.15) is 5.82 Å². The van der Waals surface area contributed by atoms with Crippen LogP contribution in [0.4, 0.5) is 4.39 Å². The van der Waals surface area contributed by atoms with E-state index in [9.17, 15) is 4.39 Å². The van der Waals surface area contributed by atoms with Crippen LogP contribution >= 0.6 is 0 Å². The fourth-order valence-electron chi connectivity index (χ4n) is 3.95. The molecule has 2 aliphatic heterocycles. The molecule has 0 saturated carbocycles. The summed E-state index contributed by atoms with van der Waals surface area (Å²) in [5, 5.41) is 0. The number of rotatable bonds is 4. The highest BCUT2D eigenvalue weighted by Crippen LogP contribution is 2.31. The summed E-state index contributed by atoms with van der Waals surface area (Å²) in [6.07, 6.45) is 3.82. The zero-order valence-electron chi connectivity index (χ0n) is 12.8. The van der Waals surface area contributed by atoms with Crippen LogP contribution in [-0.4, -0.2) is 48.1 Å². The maximum Gasteiger partial charge on any atom is 0.128 e. The number of nitrogens with zero attached hydrogens (tertiary/aromatic N) is 2. The fourth-order valence-corrected chi connectivity index (χ4v) is 3.95. The Morgan fingerprint density at radius 2 is 1.90 bits per heavy atom. The van der Waals surface area contributed by atoms with E-state index in [1.807, 2.05) is 19.1 Å². The van der Waals surface area contributed by atoms with E-state index >= 15 is 0 Å². The largest absolute Gasteiger partial charge is 0.326 e. The summed E-state index contributed by atoms with van der Waals surface area (Å²) in [4.78, 5) is 4.98. The van der Waals surface area contributed by atoms with Crippen LogP contribution in [0.15, 0.2) is 24.3 Å². The first-order valence-corrected chi connectivity index (χ1v) is 8.15. The first-order chi connectivity index (χ1) is 10.2. The molecule has 0 aliphatic carbocycles. The summed E-state index contributed by atoms with van der Waals surface area (Å²) < 4.78 is 14.2. The maximum atomic E-state index is 14.2. The average molecular weight is 291 g/mol. The molecular formula is C17H26FN3. The van der Waals surface area contributed by atoms with Crippen LogP contribution in [0.1, 0.15) is 37.8 Å². The summed E-state index contributed by atoms with van der Waals surface area (Å²) in [5.74, 6) is -0.135. The van der Waals surface area contributed by atoms with Crippen LogP contribution in [0, 0.1) is 5.82 Å². The Bertz CT molecular complexity index is 471. The van der Waals surface area contributed by atoms with Gasteiger partial charge in [-0.25, -0.2) is 4.39 Å². The lowest BCUT2D eigenvalue weighted by molar-refractivity contribution is 0.182. The van der Waals surface area contributed by atoms with E-state index < -0.39 is 0 Å². The molecule has 3 nitrogen and oxygen atoms in total. The Hall–Kier alpha value is -0.970. The van der Waals surface area contributed by atoms with Gasteiger partial charge in [0.05, 0.1) is 6.04 Å². The lowest BCUT2D eigenvalue weighted by Crippen LogP contribution is -2.41. The molecule has 0 bridgehead atoms. The topological polar surface area (TPSA) is 32.5 Å². The molecule has 2 aliphatic rings. The summed E-state index contributed by atoms with van der Waals surface area (Å²) in [5.41, 5.74) is 6.94. The molecule has 0 radical (unpaired) electrons. The fraction of sp³-hybridized carbons (Fsp3) is 0.647. The zero-order chi connectivity index (χ0) is 14.8. The van der Waals surface area contributed by atoms with Crippen molar-refractivity contribution in [1.29, 1.82) is 0 Å². The predicted molar refractivity (Wildman–Crippen MR) is 83.6 cm³/mol.